The normalized spacial score (nSPS) is 10.8. The Labute approximate surface area is 114 Å². The summed E-state index contributed by atoms with van der Waals surface area (Å²) in [6.45, 7) is 5.95. The molecule has 0 aliphatic heterocycles. The minimum Gasteiger partial charge on any atom is -0.361 e. The highest BCUT2D eigenvalue weighted by molar-refractivity contribution is 5.83. The van der Waals surface area contributed by atoms with E-state index in [1.807, 2.05) is 29.3 Å². The summed E-state index contributed by atoms with van der Waals surface area (Å²) < 4.78 is 0. The van der Waals surface area contributed by atoms with Gasteiger partial charge in [-0.15, -0.1) is 0 Å². The molecule has 1 aromatic carbocycles. The van der Waals surface area contributed by atoms with Crippen molar-refractivity contribution in [1.82, 2.24) is 9.88 Å². The maximum absolute atomic E-state index is 12.3. The van der Waals surface area contributed by atoms with E-state index in [-0.39, 0.29) is 5.91 Å². The lowest BCUT2D eigenvalue weighted by Crippen LogP contribution is -2.33. The number of hydrogen-bond acceptors (Lipinski definition) is 1. The van der Waals surface area contributed by atoms with E-state index in [0.717, 1.165) is 37.0 Å². The van der Waals surface area contributed by atoms with E-state index in [1.165, 1.54) is 5.39 Å². The van der Waals surface area contributed by atoms with Crippen molar-refractivity contribution in [3.05, 3.63) is 36.0 Å². The number of fused-ring (bicyclic) bond motifs is 1. The van der Waals surface area contributed by atoms with Crippen LogP contribution in [0.3, 0.4) is 0 Å². The van der Waals surface area contributed by atoms with Gasteiger partial charge in [-0.05, 0) is 42.0 Å². The number of rotatable bonds is 6. The number of carbonyl (C=O) groups excluding carboxylic acids is 1. The van der Waals surface area contributed by atoms with Crippen LogP contribution in [-0.4, -0.2) is 28.9 Å². The zero-order valence-electron chi connectivity index (χ0n) is 11.8. The van der Waals surface area contributed by atoms with E-state index in [1.54, 1.807) is 0 Å². The molecule has 1 heterocycles. The lowest BCUT2D eigenvalue weighted by atomic mass is 10.1. The minimum atomic E-state index is 0.235. The molecule has 2 rings (SSSR count). The molecule has 1 N–H and O–H groups in total. The van der Waals surface area contributed by atoms with Crippen LogP contribution in [-0.2, 0) is 11.2 Å². The molecular weight excluding hydrogens is 236 g/mol. The Balaban J connectivity index is 2.07. The van der Waals surface area contributed by atoms with Crippen LogP contribution in [0.25, 0.3) is 10.9 Å². The molecule has 1 amide bonds. The Hall–Kier alpha value is -1.77. The Bertz CT molecular complexity index is 538. The van der Waals surface area contributed by atoms with Crippen molar-refractivity contribution >= 4 is 16.8 Å². The van der Waals surface area contributed by atoms with Crippen LogP contribution in [0.4, 0.5) is 0 Å². The second-order valence-corrected chi connectivity index (χ2v) is 4.96. The van der Waals surface area contributed by atoms with E-state index < -0.39 is 0 Å². The summed E-state index contributed by atoms with van der Waals surface area (Å²) >= 11 is 0. The van der Waals surface area contributed by atoms with Crippen molar-refractivity contribution in [2.75, 3.05) is 13.1 Å². The van der Waals surface area contributed by atoms with E-state index in [4.69, 9.17) is 0 Å². The van der Waals surface area contributed by atoms with Gasteiger partial charge in [-0.1, -0.05) is 19.9 Å². The number of carbonyl (C=O) groups is 1. The van der Waals surface area contributed by atoms with Crippen LogP contribution in [0, 0.1) is 0 Å². The van der Waals surface area contributed by atoms with Crippen LogP contribution in [0.15, 0.2) is 30.5 Å². The van der Waals surface area contributed by atoms with Crippen LogP contribution in [0.2, 0.25) is 0 Å². The first kappa shape index (κ1) is 13.7. The summed E-state index contributed by atoms with van der Waals surface area (Å²) in [5.74, 6) is 0.235. The maximum Gasteiger partial charge on any atom is 0.226 e. The van der Waals surface area contributed by atoms with Gasteiger partial charge in [-0.2, -0.15) is 0 Å². The third kappa shape index (κ3) is 3.37. The van der Waals surface area contributed by atoms with Gasteiger partial charge in [-0.25, -0.2) is 0 Å². The summed E-state index contributed by atoms with van der Waals surface area (Å²) in [6.07, 6.45) is 4.46. The fourth-order valence-corrected chi connectivity index (χ4v) is 2.40. The number of nitrogens with zero attached hydrogens (tertiary/aromatic N) is 1. The molecule has 0 bridgehead atoms. The van der Waals surface area contributed by atoms with E-state index in [0.29, 0.717) is 6.42 Å². The van der Waals surface area contributed by atoms with Gasteiger partial charge in [0, 0.05) is 24.8 Å². The van der Waals surface area contributed by atoms with Gasteiger partial charge in [0.1, 0.15) is 0 Å². The molecule has 3 heteroatoms. The first-order valence-corrected chi connectivity index (χ1v) is 7.08. The topological polar surface area (TPSA) is 36.1 Å². The molecule has 102 valence electrons. The summed E-state index contributed by atoms with van der Waals surface area (Å²) in [7, 11) is 0. The third-order valence-electron chi connectivity index (χ3n) is 3.31. The standard InChI is InChI=1S/C16H22N2O/c1-3-9-18(10-4-2)16(19)12-13-5-6-15-14(11-13)7-8-17-15/h5-8,11,17H,3-4,9-10,12H2,1-2H3. The Morgan fingerprint density at radius 1 is 1.16 bits per heavy atom. The number of nitrogens with one attached hydrogen (secondary N) is 1. The van der Waals surface area contributed by atoms with Crippen LogP contribution in [0.5, 0.6) is 0 Å². The quantitative estimate of drug-likeness (QED) is 0.847. The highest BCUT2D eigenvalue weighted by atomic mass is 16.2. The molecule has 0 aliphatic rings. The average Bonchev–Trinajstić information content (AvgIpc) is 2.86. The van der Waals surface area contributed by atoms with Crippen LogP contribution in [0.1, 0.15) is 32.3 Å². The fraction of sp³-hybridized carbons (Fsp3) is 0.438. The van der Waals surface area contributed by atoms with Gasteiger partial charge in [0.25, 0.3) is 0 Å². The van der Waals surface area contributed by atoms with Gasteiger partial charge in [-0.3, -0.25) is 4.79 Å². The molecule has 0 atom stereocenters. The summed E-state index contributed by atoms with van der Waals surface area (Å²) in [6, 6.07) is 8.22. The highest BCUT2D eigenvalue weighted by Gasteiger charge is 2.12. The van der Waals surface area contributed by atoms with Crippen molar-refractivity contribution in [3.63, 3.8) is 0 Å². The maximum atomic E-state index is 12.3. The van der Waals surface area contributed by atoms with Gasteiger partial charge >= 0.3 is 0 Å². The Kier molecular flexibility index (Phi) is 4.61. The minimum absolute atomic E-state index is 0.235. The number of H-pyrrole nitrogens is 1. The van der Waals surface area contributed by atoms with Crippen molar-refractivity contribution < 1.29 is 4.79 Å². The summed E-state index contributed by atoms with van der Waals surface area (Å²) in [5.41, 5.74) is 2.21. The van der Waals surface area contributed by atoms with Crippen molar-refractivity contribution in [3.8, 4) is 0 Å². The molecule has 2 aromatic rings. The SMILES string of the molecule is CCCN(CCC)C(=O)Cc1ccc2[nH]ccc2c1. The van der Waals surface area contributed by atoms with Crippen molar-refractivity contribution in [2.24, 2.45) is 0 Å². The molecule has 1 aromatic heterocycles. The molecule has 3 nitrogen and oxygen atoms in total. The smallest absolute Gasteiger partial charge is 0.226 e. The molecule has 0 radical (unpaired) electrons. The molecule has 19 heavy (non-hydrogen) atoms. The van der Waals surface area contributed by atoms with Crippen molar-refractivity contribution in [1.29, 1.82) is 0 Å². The highest BCUT2D eigenvalue weighted by Crippen LogP contribution is 2.15. The number of amides is 1. The third-order valence-corrected chi connectivity index (χ3v) is 3.31. The van der Waals surface area contributed by atoms with E-state index >= 15 is 0 Å². The van der Waals surface area contributed by atoms with Crippen LogP contribution < -0.4 is 0 Å². The van der Waals surface area contributed by atoms with Gasteiger partial charge in [0.15, 0.2) is 0 Å². The summed E-state index contributed by atoms with van der Waals surface area (Å²) in [5, 5.41) is 1.17. The average molecular weight is 258 g/mol. The molecule has 0 unspecified atom stereocenters. The predicted molar refractivity (Wildman–Crippen MR) is 79.2 cm³/mol. The first-order chi connectivity index (χ1) is 9.24. The monoisotopic (exact) mass is 258 g/mol. The molecule has 0 saturated carbocycles. The number of aromatic amines is 1. The summed E-state index contributed by atoms with van der Waals surface area (Å²) in [4.78, 5) is 17.4. The van der Waals surface area contributed by atoms with Crippen molar-refractivity contribution in [2.45, 2.75) is 33.1 Å². The molecule has 0 aliphatic carbocycles. The number of hydrogen-bond donors (Lipinski definition) is 1. The molecule has 0 spiro atoms. The number of aromatic nitrogens is 1. The largest absolute Gasteiger partial charge is 0.361 e. The van der Waals surface area contributed by atoms with E-state index in [9.17, 15) is 4.79 Å². The predicted octanol–water partition coefficient (Wildman–Crippen LogP) is 3.36. The number of benzene rings is 1. The second kappa shape index (κ2) is 6.41. The zero-order chi connectivity index (χ0) is 13.7. The fourth-order valence-electron chi connectivity index (χ4n) is 2.40. The first-order valence-electron chi connectivity index (χ1n) is 7.08. The van der Waals surface area contributed by atoms with E-state index in [2.05, 4.69) is 24.9 Å². The second-order valence-electron chi connectivity index (χ2n) is 4.96. The molecular formula is C16H22N2O. The van der Waals surface area contributed by atoms with Gasteiger partial charge < -0.3 is 9.88 Å². The molecule has 0 saturated heterocycles. The van der Waals surface area contributed by atoms with Gasteiger partial charge in [0.2, 0.25) is 5.91 Å². The van der Waals surface area contributed by atoms with Crippen LogP contribution >= 0.6 is 0 Å². The van der Waals surface area contributed by atoms with Gasteiger partial charge in [0.05, 0.1) is 6.42 Å². The molecule has 0 fully saturated rings. The Morgan fingerprint density at radius 3 is 2.58 bits per heavy atom. The Morgan fingerprint density at radius 2 is 1.89 bits per heavy atom. The lowest BCUT2D eigenvalue weighted by molar-refractivity contribution is -0.130. The lowest BCUT2D eigenvalue weighted by Gasteiger charge is -2.21. The zero-order valence-corrected chi connectivity index (χ0v) is 11.8.